The Labute approximate surface area is 204 Å². The zero-order valence-corrected chi connectivity index (χ0v) is 19.9. The zero-order chi connectivity index (χ0) is 24.4. The molecule has 0 aliphatic heterocycles. The number of pyridine rings is 2. The summed E-state index contributed by atoms with van der Waals surface area (Å²) in [7, 11) is 3.15. The Morgan fingerprint density at radius 3 is 2.54 bits per heavy atom. The summed E-state index contributed by atoms with van der Waals surface area (Å²) >= 11 is 1.43. The van der Waals surface area contributed by atoms with Crippen LogP contribution in [0.3, 0.4) is 0 Å². The molecule has 0 spiro atoms. The molecule has 5 rings (SSSR count). The molecule has 5 aromatic rings. The molecule has 176 valence electrons. The van der Waals surface area contributed by atoms with Gasteiger partial charge in [0, 0.05) is 41.0 Å². The second-order valence-electron chi connectivity index (χ2n) is 7.39. The van der Waals surface area contributed by atoms with Crippen molar-refractivity contribution < 1.29 is 19.0 Å². The van der Waals surface area contributed by atoms with E-state index in [4.69, 9.17) is 14.2 Å². The maximum atomic E-state index is 12.7. The van der Waals surface area contributed by atoms with E-state index in [-0.39, 0.29) is 5.91 Å². The van der Waals surface area contributed by atoms with Gasteiger partial charge in [-0.3, -0.25) is 9.78 Å². The van der Waals surface area contributed by atoms with Gasteiger partial charge in [-0.1, -0.05) is 0 Å². The molecule has 0 saturated heterocycles. The third kappa shape index (κ3) is 4.49. The number of methoxy groups -OCH3 is 2. The number of carbonyl (C=O) groups is 1. The van der Waals surface area contributed by atoms with E-state index in [1.165, 1.54) is 17.5 Å². The summed E-state index contributed by atoms with van der Waals surface area (Å²) in [6, 6.07) is 8.73. The van der Waals surface area contributed by atoms with E-state index >= 15 is 0 Å². The van der Waals surface area contributed by atoms with E-state index in [1.807, 2.05) is 18.4 Å². The number of carbonyl (C=O) groups excluding carboxylic acids is 1. The number of aryl methyl sites for hydroxylation is 1. The highest BCUT2D eigenvalue weighted by Crippen LogP contribution is 2.36. The minimum absolute atomic E-state index is 0.301. The van der Waals surface area contributed by atoms with Crippen molar-refractivity contribution in [3.63, 3.8) is 0 Å². The van der Waals surface area contributed by atoms with Gasteiger partial charge in [-0.2, -0.15) is 5.10 Å². The number of nitrogens with zero attached hydrogens (tertiary/aromatic N) is 5. The smallest absolute Gasteiger partial charge is 0.277 e. The average molecular weight is 489 g/mol. The van der Waals surface area contributed by atoms with Crippen LogP contribution in [0.25, 0.3) is 16.0 Å². The van der Waals surface area contributed by atoms with E-state index < -0.39 is 0 Å². The zero-order valence-electron chi connectivity index (χ0n) is 19.1. The number of nitrogens with one attached hydrogen (secondary N) is 1. The molecule has 11 heteroatoms. The molecular formula is C24H20N6O4S. The molecular weight excluding hydrogens is 468 g/mol. The maximum Gasteiger partial charge on any atom is 0.277 e. The van der Waals surface area contributed by atoms with Crippen molar-refractivity contribution in [1.82, 2.24) is 24.7 Å². The van der Waals surface area contributed by atoms with Crippen LogP contribution in [-0.4, -0.2) is 44.9 Å². The number of aromatic nitrogens is 5. The summed E-state index contributed by atoms with van der Waals surface area (Å²) in [5.41, 5.74) is 1.73. The minimum Gasteiger partial charge on any atom is -0.493 e. The number of hydrogen-bond donors (Lipinski definition) is 1. The van der Waals surface area contributed by atoms with E-state index in [0.717, 1.165) is 10.9 Å². The Morgan fingerprint density at radius 1 is 1.00 bits per heavy atom. The lowest BCUT2D eigenvalue weighted by molar-refractivity contribution is 0.102. The summed E-state index contributed by atoms with van der Waals surface area (Å²) in [6.45, 7) is 1.82. The van der Waals surface area contributed by atoms with Gasteiger partial charge in [-0.15, -0.1) is 11.3 Å². The normalized spacial score (nSPS) is 10.8. The largest absolute Gasteiger partial charge is 0.493 e. The third-order valence-corrected chi connectivity index (χ3v) is 5.90. The second kappa shape index (κ2) is 9.39. The molecule has 1 amide bonds. The Hall–Kier alpha value is -4.51. The lowest BCUT2D eigenvalue weighted by atomic mass is 10.2. The monoisotopic (exact) mass is 488 g/mol. The van der Waals surface area contributed by atoms with E-state index in [1.54, 1.807) is 61.8 Å². The van der Waals surface area contributed by atoms with Crippen molar-refractivity contribution in [3.05, 3.63) is 71.8 Å². The molecule has 0 atom stereocenters. The van der Waals surface area contributed by atoms with Gasteiger partial charge in [0.05, 0.1) is 25.9 Å². The molecule has 1 N–H and O–H groups in total. The van der Waals surface area contributed by atoms with E-state index in [9.17, 15) is 4.79 Å². The predicted molar refractivity (Wildman–Crippen MR) is 131 cm³/mol. The number of fused-ring (bicyclic) bond motifs is 1. The summed E-state index contributed by atoms with van der Waals surface area (Å²) < 4.78 is 18.4. The molecule has 0 aliphatic rings. The molecule has 0 aliphatic carbocycles. The van der Waals surface area contributed by atoms with Crippen molar-refractivity contribution in [2.75, 3.05) is 19.5 Å². The summed E-state index contributed by atoms with van der Waals surface area (Å²) in [6.07, 6.45) is 6.64. The van der Waals surface area contributed by atoms with Gasteiger partial charge in [-0.05, 0) is 31.2 Å². The average Bonchev–Trinajstić information content (AvgIpc) is 3.54. The number of hydrogen-bond acceptors (Lipinski definition) is 9. The van der Waals surface area contributed by atoms with Crippen LogP contribution < -0.4 is 19.5 Å². The topological polar surface area (TPSA) is 113 Å². The molecule has 0 unspecified atom stereocenters. The summed E-state index contributed by atoms with van der Waals surface area (Å²) in [4.78, 5) is 25.6. The Bertz CT molecular complexity index is 1500. The van der Waals surface area contributed by atoms with Crippen LogP contribution in [0, 0.1) is 6.92 Å². The highest BCUT2D eigenvalue weighted by atomic mass is 32.1. The molecule has 0 fully saturated rings. The first-order valence-corrected chi connectivity index (χ1v) is 11.4. The van der Waals surface area contributed by atoms with Gasteiger partial charge in [0.2, 0.25) is 5.13 Å². The van der Waals surface area contributed by atoms with E-state index in [0.29, 0.717) is 45.2 Å². The van der Waals surface area contributed by atoms with Crippen molar-refractivity contribution in [2.45, 2.75) is 6.92 Å². The number of amides is 1. The Balaban J connectivity index is 1.33. The van der Waals surface area contributed by atoms with Crippen LogP contribution in [0.4, 0.5) is 5.82 Å². The van der Waals surface area contributed by atoms with Crippen LogP contribution in [0.2, 0.25) is 0 Å². The highest BCUT2D eigenvalue weighted by molar-refractivity contribution is 7.12. The van der Waals surface area contributed by atoms with Crippen molar-refractivity contribution >= 4 is 34.0 Å². The Kier molecular flexibility index (Phi) is 5.98. The first kappa shape index (κ1) is 22.3. The molecule has 0 radical (unpaired) electrons. The molecule has 35 heavy (non-hydrogen) atoms. The van der Waals surface area contributed by atoms with Gasteiger partial charge in [0.25, 0.3) is 5.91 Å². The van der Waals surface area contributed by atoms with Crippen molar-refractivity contribution in [1.29, 1.82) is 0 Å². The molecule has 4 aromatic heterocycles. The fraction of sp³-hybridized carbons (Fsp3) is 0.125. The van der Waals surface area contributed by atoms with Crippen LogP contribution in [0.5, 0.6) is 23.0 Å². The number of benzene rings is 1. The van der Waals surface area contributed by atoms with Crippen LogP contribution in [0.1, 0.15) is 16.1 Å². The van der Waals surface area contributed by atoms with Gasteiger partial charge in [0.1, 0.15) is 17.3 Å². The Morgan fingerprint density at radius 2 is 1.83 bits per heavy atom. The van der Waals surface area contributed by atoms with E-state index in [2.05, 4.69) is 25.4 Å². The minimum atomic E-state index is -0.361. The number of rotatable bonds is 7. The van der Waals surface area contributed by atoms with Crippen LogP contribution in [0.15, 0.2) is 60.5 Å². The van der Waals surface area contributed by atoms with Crippen LogP contribution >= 0.6 is 11.3 Å². The fourth-order valence-electron chi connectivity index (χ4n) is 3.47. The SMILES string of the molecule is COc1cc2nccc(Oc3ccc(NC(=O)c4nn(-c5nccs5)cc4C)nc3)c2cc1OC. The van der Waals surface area contributed by atoms with Crippen molar-refractivity contribution in [2.24, 2.45) is 0 Å². The third-order valence-electron chi connectivity index (χ3n) is 5.14. The molecule has 10 nitrogen and oxygen atoms in total. The molecule has 0 bridgehead atoms. The predicted octanol–water partition coefficient (Wildman–Crippen LogP) is 4.64. The quantitative estimate of drug-likeness (QED) is 0.352. The van der Waals surface area contributed by atoms with Crippen molar-refractivity contribution in [3.8, 4) is 28.1 Å². The van der Waals surface area contributed by atoms with Gasteiger partial charge in [-0.25, -0.2) is 14.6 Å². The summed E-state index contributed by atoms with van der Waals surface area (Å²) in [5.74, 6) is 2.24. The number of thiazole rings is 1. The molecule has 4 heterocycles. The second-order valence-corrected chi connectivity index (χ2v) is 8.26. The lowest BCUT2D eigenvalue weighted by Crippen LogP contribution is -2.15. The number of anilines is 1. The molecule has 0 saturated carbocycles. The van der Waals surface area contributed by atoms with Gasteiger partial charge in [0.15, 0.2) is 17.2 Å². The highest BCUT2D eigenvalue weighted by Gasteiger charge is 2.17. The maximum absolute atomic E-state index is 12.7. The first-order chi connectivity index (χ1) is 17.1. The fourth-order valence-corrected chi connectivity index (χ4v) is 4.03. The van der Waals surface area contributed by atoms with Gasteiger partial charge < -0.3 is 19.5 Å². The van der Waals surface area contributed by atoms with Crippen LogP contribution in [-0.2, 0) is 0 Å². The first-order valence-electron chi connectivity index (χ1n) is 10.5. The standard InChI is InChI=1S/C24H20N6O4S/c1-14-13-30(24-26-8-9-35-24)29-22(14)23(31)28-21-5-4-15(12-27-21)34-18-6-7-25-17-11-20(33-3)19(32-2)10-16(17)18/h4-13H,1-3H3,(H,27,28,31). The lowest BCUT2D eigenvalue weighted by Gasteiger charge is -2.12. The summed E-state index contributed by atoms with van der Waals surface area (Å²) in [5, 5.41) is 10.4. The van der Waals surface area contributed by atoms with Gasteiger partial charge >= 0.3 is 0 Å². The molecule has 1 aromatic carbocycles. The number of ether oxygens (including phenoxy) is 3.